The number of pyridine rings is 1. The lowest BCUT2D eigenvalue weighted by molar-refractivity contribution is -0.122. The highest BCUT2D eigenvalue weighted by atomic mass is 35.5. The quantitative estimate of drug-likeness (QED) is 0.921. The molecule has 2 rings (SSSR count). The first-order valence-electron chi connectivity index (χ1n) is 6.31. The third kappa shape index (κ3) is 4.09. The molecule has 1 atom stereocenters. The predicted molar refractivity (Wildman–Crippen MR) is 84.2 cm³/mol. The Morgan fingerprint density at radius 3 is 2.71 bits per heavy atom. The Hall–Kier alpha value is -1.78. The number of carbonyl (C=O) groups excluding carboxylic acids is 1. The molecule has 0 spiro atoms. The number of hydrogen-bond acceptors (Lipinski definition) is 3. The number of halogens is 2. The van der Waals surface area contributed by atoms with Gasteiger partial charge in [-0.2, -0.15) is 0 Å². The summed E-state index contributed by atoms with van der Waals surface area (Å²) in [6.07, 6.45) is 0.943. The Balaban J connectivity index is 2.02. The smallest absolute Gasteiger partial charge is 0.266 e. The standard InChI is InChI=1S/C15H14Cl2N2O2/c1-9-6-7-13(18-8-9)19-15(20)10(2)21-12-5-3-4-11(16)14(12)17/h3-8,10H,1-2H3,(H,18,19,20)/t10-/m0/s1. The number of hydrogen-bond donors (Lipinski definition) is 1. The van der Waals surface area contributed by atoms with Crippen molar-refractivity contribution in [1.29, 1.82) is 0 Å². The molecule has 1 amide bonds. The minimum atomic E-state index is -0.732. The summed E-state index contributed by atoms with van der Waals surface area (Å²) >= 11 is 11.9. The van der Waals surface area contributed by atoms with Crippen LogP contribution in [0.4, 0.5) is 5.82 Å². The van der Waals surface area contributed by atoms with E-state index in [-0.39, 0.29) is 10.9 Å². The summed E-state index contributed by atoms with van der Waals surface area (Å²) < 4.78 is 5.53. The zero-order chi connectivity index (χ0) is 15.4. The average Bonchev–Trinajstić information content (AvgIpc) is 2.46. The third-order valence-corrected chi connectivity index (χ3v) is 3.55. The van der Waals surface area contributed by atoms with Crippen LogP contribution in [0.25, 0.3) is 0 Å². The van der Waals surface area contributed by atoms with Crippen LogP contribution in [0.5, 0.6) is 5.75 Å². The van der Waals surface area contributed by atoms with Crippen LogP contribution in [0.1, 0.15) is 12.5 Å². The van der Waals surface area contributed by atoms with E-state index < -0.39 is 6.10 Å². The fourth-order valence-corrected chi connectivity index (χ4v) is 1.93. The van der Waals surface area contributed by atoms with Gasteiger partial charge < -0.3 is 10.1 Å². The number of ether oxygens (including phenoxy) is 1. The highest BCUT2D eigenvalue weighted by Crippen LogP contribution is 2.32. The number of carbonyl (C=O) groups is 1. The van der Waals surface area contributed by atoms with Gasteiger partial charge in [-0.05, 0) is 37.6 Å². The van der Waals surface area contributed by atoms with Gasteiger partial charge in [0, 0.05) is 6.20 Å². The highest BCUT2D eigenvalue weighted by molar-refractivity contribution is 6.42. The maximum atomic E-state index is 12.0. The van der Waals surface area contributed by atoms with Gasteiger partial charge in [0.05, 0.1) is 5.02 Å². The first-order valence-corrected chi connectivity index (χ1v) is 7.07. The van der Waals surface area contributed by atoms with Crippen LogP contribution < -0.4 is 10.1 Å². The third-order valence-electron chi connectivity index (χ3n) is 2.75. The van der Waals surface area contributed by atoms with Crippen molar-refractivity contribution in [2.45, 2.75) is 20.0 Å². The Morgan fingerprint density at radius 1 is 1.29 bits per heavy atom. The van der Waals surface area contributed by atoms with Gasteiger partial charge in [-0.1, -0.05) is 35.3 Å². The summed E-state index contributed by atoms with van der Waals surface area (Å²) in [5.41, 5.74) is 1.02. The largest absolute Gasteiger partial charge is 0.479 e. The second-order valence-electron chi connectivity index (χ2n) is 4.52. The van der Waals surface area contributed by atoms with E-state index in [0.29, 0.717) is 16.6 Å². The fourth-order valence-electron chi connectivity index (χ4n) is 1.59. The van der Waals surface area contributed by atoms with E-state index in [2.05, 4.69) is 10.3 Å². The molecular weight excluding hydrogens is 311 g/mol. The molecule has 2 aromatic rings. The van der Waals surface area contributed by atoms with Crippen molar-refractivity contribution in [1.82, 2.24) is 4.98 Å². The predicted octanol–water partition coefficient (Wildman–Crippen LogP) is 4.10. The van der Waals surface area contributed by atoms with E-state index in [9.17, 15) is 4.79 Å². The Labute approximate surface area is 133 Å². The summed E-state index contributed by atoms with van der Waals surface area (Å²) in [6, 6.07) is 8.60. The van der Waals surface area contributed by atoms with Crippen LogP contribution in [-0.4, -0.2) is 17.0 Å². The number of aryl methyl sites for hydroxylation is 1. The highest BCUT2D eigenvalue weighted by Gasteiger charge is 2.17. The Morgan fingerprint density at radius 2 is 2.05 bits per heavy atom. The number of amides is 1. The lowest BCUT2D eigenvalue weighted by Gasteiger charge is -2.15. The molecule has 0 saturated carbocycles. The molecule has 0 aliphatic heterocycles. The number of nitrogens with zero attached hydrogens (tertiary/aromatic N) is 1. The Bertz CT molecular complexity index is 645. The molecule has 6 heteroatoms. The van der Waals surface area contributed by atoms with E-state index >= 15 is 0 Å². The van der Waals surface area contributed by atoms with Crippen molar-refractivity contribution >= 4 is 34.9 Å². The van der Waals surface area contributed by atoms with Gasteiger partial charge in [-0.3, -0.25) is 4.79 Å². The molecule has 1 aromatic heterocycles. The lowest BCUT2D eigenvalue weighted by atomic mass is 10.3. The number of benzene rings is 1. The van der Waals surface area contributed by atoms with Crippen molar-refractivity contribution in [2.24, 2.45) is 0 Å². The van der Waals surface area contributed by atoms with E-state index in [1.807, 2.05) is 13.0 Å². The van der Waals surface area contributed by atoms with E-state index in [1.54, 1.807) is 37.4 Å². The maximum absolute atomic E-state index is 12.0. The number of aromatic nitrogens is 1. The van der Waals surface area contributed by atoms with Crippen molar-refractivity contribution in [3.8, 4) is 5.75 Å². The van der Waals surface area contributed by atoms with Crippen LogP contribution >= 0.6 is 23.2 Å². The molecule has 4 nitrogen and oxygen atoms in total. The second-order valence-corrected chi connectivity index (χ2v) is 5.31. The van der Waals surface area contributed by atoms with Crippen LogP contribution in [0.3, 0.4) is 0 Å². The normalized spacial score (nSPS) is 11.8. The zero-order valence-corrected chi connectivity index (χ0v) is 13.1. The summed E-state index contributed by atoms with van der Waals surface area (Å²) in [5.74, 6) is 0.518. The van der Waals surface area contributed by atoms with Gasteiger partial charge in [0.2, 0.25) is 0 Å². The second kappa shape index (κ2) is 6.78. The van der Waals surface area contributed by atoms with Crippen molar-refractivity contribution in [2.75, 3.05) is 5.32 Å². The molecule has 1 N–H and O–H groups in total. The molecule has 1 aromatic carbocycles. The fraction of sp³-hybridized carbons (Fsp3) is 0.200. The first-order chi connectivity index (χ1) is 9.97. The molecule has 0 aliphatic rings. The van der Waals surface area contributed by atoms with Crippen molar-refractivity contribution in [3.05, 3.63) is 52.1 Å². The summed E-state index contributed by atoms with van der Waals surface area (Å²) in [7, 11) is 0. The van der Waals surface area contributed by atoms with Crippen molar-refractivity contribution in [3.63, 3.8) is 0 Å². The van der Waals surface area contributed by atoms with Crippen molar-refractivity contribution < 1.29 is 9.53 Å². The monoisotopic (exact) mass is 324 g/mol. The zero-order valence-electron chi connectivity index (χ0n) is 11.6. The van der Waals surface area contributed by atoms with Gasteiger partial charge in [-0.25, -0.2) is 4.98 Å². The summed E-state index contributed by atoms with van der Waals surface area (Å²) in [4.78, 5) is 16.2. The minimum Gasteiger partial charge on any atom is -0.479 e. The summed E-state index contributed by atoms with van der Waals surface area (Å²) in [5, 5.41) is 3.33. The molecule has 110 valence electrons. The molecular formula is C15H14Cl2N2O2. The number of anilines is 1. The first kappa shape index (κ1) is 15.6. The number of rotatable bonds is 4. The summed E-state index contributed by atoms with van der Waals surface area (Å²) in [6.45, 7) is 3.55. The molecule has 1 heterocycles. The lowest BCUT2D eigenvalue weighted by Crippen LogP contribution is -2.30. The van der Waals surface area contributed by atoms with E-state index in [4.69, 9.17) is 27.9 Å². The van der Waals surface area contributed by atoms with E-state index in [0.717, 1.165) is 5.56 Å². The van der Waals surface area contributed by atoms with E-state index in [1.165, 1.54) is 0 Å². The molecule has 21 heavy (non-hydrogen) atoms. The van der Waals surface area contributed by atoms with Gasteiger partial charge in [-0.15, -0.1) is 0 Å². The molecule has 0 saturated heterocycles. The van der Waals surface area contributed by atoms with Gasteiger partial charge >= 0.3 is 0 Å². The minimum absolute atomic E-state index is 0.285. The molecule has 0 radical (unpaired) electrons. The van der Waals surface area contributed by atoms with Gasteiger partial charge in [0.25, 0.3) is 5.91 Å². The maximum Gasteiger partial charge on any atom is 0.266 e. The van der Waals surface area contributed by atoms with Crippen LogP contribution in [0.2, 0.25) is 10.0 Å². The topological polar surface area (TPSA) is 51.2 Å². The van der Waals surface area contributed by atoms with Crippen LogP contribution in [-0.2, 0) is 4.79 Å². The van der Waals surface area contributed by atoms with Gasteiger partial charge in [0.1, 0.15) is 16.6 Å². The molecule has 0 aliphatic carbocycles. The molecule has 0 fully saturated rings. The molecule has 0 bridgehead atoms. The Kier molecular flexibility index (Phi) is 5.04. The molecule has 0 unspecified atom stereocenters. The SMILES string of the molecule is Cc1ccc(NC(=O)[C@H](C)Oc2cccc(Cl)c2Cl)nc1. The number of nitrogens with one attached hydrogen (secondary N) is 1. The van der Waals surface area contributed by atoms with Crippen LogP contribution in [0, 0.1) is 6.92 Å². The van der Waals surface area contributed by atoms with Gasteiger partial charge in [0.15, 0.2) is 6.10 Å². The average molecular weight is 325 g/mol. The van der Waals surface area contributed by atoms with Crippen LogP contribution in [0.15, 0.2) is 36.5 Å².